The molecule has 0 atom stereocenters. The van der Waals surface area contributed by atoms with Crippen LogP contribution in [0.15, 0.2) is 53.8 Å². The molecule has 2 aromatic heterocycles. The Hall–Kier alpha value is -2.60. The number of fused-ring (bicyclic) bond motifs is 2. The molecule has 0 aliphatic carbocycles. The Morgan fingerprint density at radius 3 is 2.68 bits per heavy atom. The lowest BCUT2D eigenvalue weighted by Crippen LogP contribution is -1.99. The first-order valence-electron chi connectivity index (χ1n) is 6.75. The summed E-state index contributed by atoms with van der Waals surface area (Å²) in [6.07, 6.45) is 3.47. The maximum absolute atomic E-state index is 10.0. The van der Waals surface area contributed by atoms with Crippen molar-refractivity contribution in [2.45, 2.75) is 5.16 Å². The molecule has 0 aliphatic rings. The van der Waals surface area contributed by atoms with E-state index < -0.39 is 0 Å². The summed E-state index contributed by atoms with van der Waals surface area (Å²) >= 11 is 1.39. The highest BCUT2D eigenvalue weighted by atomic mass is 32.2. The van der Waals surface area contributed by atoms with E-state index >= 15 is 0 Å². The third-order valence-corrected chi connectivity index (χ3v) is 4.11. The van der Waals surface area contributed by atoms with Gasteiger partial charge in [-0.1, -0.05) is 48.2 Å². The molecule has 0 saturated carbocycles. The van der Waals surface area contributed by atoms with Gasteiger partial charge >= 0.3 is 0 Å². The molecule has 0 aliphatic heterocycles. The molecule has 0 bridgehead atoms. The topological polar surface area (TPSA) is 63.8 Å². The molecule has 0 amide bonds. The summed E-state index contributed by atoms with van der Waals surface area (Å²) in [4.78, 5) is 8.53. The molecule has 2 aromatic carbocycles. The zero-order chi connectivity index (χ0) is 15.1. The molecule has 22 heavy (non-hydrogen) atoms. The van der Waals surface area contributed by atoms with Crippen LogP contribution in [0.1, 0.15) is 0 Å². The predicted molar refractivity (Wildman–Crippen MR) is 87.6 cm³/mol. The molecule has 0 unspecified atom stereocenters. The van der Waals surface area contributed by atoms with Crippen molar-refractivity contribution in [3.63, 3.8) is 0 Å². The van der Waals surface area contributed by atoms with Crippen molar-refractivity contribution in [2.24, 2.45) is 0 Å². The van der Waals surface area contributed by atoms with Crippen LogP contribution in [0.2, 0.25) is 0 Å². The molecule has 1 N–H and O–H groups in total. The van der Waals surface area contributed by atoms with Gasteiger partial charge in [-0.3, -0.25) is 0 Å². The number of nitrogens with zero attached hydrogens (tertiary/aromatic N) is 4. The Bertz CT molecular complexity index is 991. The number of hydrogen-bond donors (Lipinski definition) is 1. The number of aromatic hydroxyl groups is 1. The lowest BCUT2D eigenvalue weighted by molar-refractivity contribution is 0.453. The summed E-state index contributed by atoms with van der Waals surface area (Å²) in [7, 11) is 0. The SMILES string of the molecule is CSc1nc(O)c2cnn(-c3cccc4ccccc34)c2n1. The van der Waals surface area contributed by atoms with Gasteiger partial charge in [0.2, 0.25) is 5.88 Å². The van der Waals surface area contributed by atoms with Crippen LogP contribution in [0.3, 0.4) is 0 Å². The van der Waals surface area contributed by atoms with E-state index in [4.69, 9.17) is 0 Å². The van der Waals surface area contributed by atoms with Gasteiger partial charge in [0.1, 0.15) is 5.39 Å². The maximum atomic E-state index is 10.0. The Morgan fingerprint density at radius 1 is 1.00 bits per heavy atom. The minimum Gasteiger partial charge on any atom is -0.493 e. The van der Waals surface area contributed by atoms with Crippen LogP contribution in [0, 0.1) is 0 Å². The van der Waals surface area contributed by atoms with Gasteiger partial charge in [-0.25, -0.2) is 9.67 Å². The Balaban J connectivity index is 2.07. The second-order valence-corrected chi connectivity index (χ2v) is 5.60. The molecule has 0 spiro atoms. The quantitative estimate of drug-likeness (QED) is 0.454. The Kier molecular flexibility index (Phi) is 2.97. The van der Waals surface area contributed by atoms with Gasteiger partial charge in [0.15, 0.2) is 10.8 Å². The van der Waals surface area contributed by atoms with Crippen LogP contribution in [0.5, 0.6) is 5.88 Å². The maximum Gasteiger partial charge on any atom is 0.226 e. The fourth-order valence-corrected chi connectivity index (χ4v) is 2.89. The average Bonchev–Trinajstić information content (AvgIpc) is 2.98. The molecule has 108 valence electrons. The van der Waals surface area contributed by atoms with E-state index in [1.807, 2.05) is 30.5 Å². The van der Waals surface area contributed by atoms with Gasteiger partial charge in [-0.2, -0.15) is 10.1 Å². The zero-order valence-electron chi connectivity index (χ0n) is 11.8. The number of hydrogen-bond acceptors (Lipinski definition) is 5. The van der Waals surface area contributed by atoms with Gasteiger partial charge in [-0.05, 0) is 17.7 Å². The molecular weight excluding hydrogens is 296 g/mol. The molecular formula is C16H12N4OS. The third-order valence-electron chi connectivity index (χ3n) is 3.57. The van der Waals surface area contributed by atoms with Gasteiger partial charge < -0.3 is 5.11 Å². The van der Waals surface area contributed by atoms with Crippen LogP contribution in [-0.4, -0.2) is 31.1 Å². The Morgan fingerprint density at radius 2 is 1.82 bits per heavy atom. The summed E-state index contributed by atoms with van der Waals surface area (Å²) in [5, 5.41) is 17.7. The normalized spacial score (nSPS) is 11.3. The zero-order valence-corrected chi connectivity index (χ0v) is 12.6. The minimum absolute atomic E-state index is 0.0409. The summed E-state index contributed by atoms with van der Waals surface area (Å²) in [5.41, 5.74) is 1.53. The standard InChI is InChI=1S/C16H12N4OS/c1-22-16-18-14-12(15(21)19-16)9-17-20(14)13-8-4-6-10-5-2-3-7-11(10)13/h2-9H,1H3,(H,18,19,21). The van der Waals surface area contributed by atoms with Crippen molar-refractivity contribution in [2.75, 3.05) is 6.26 Å². The fourth-order valence-electron chi connectivity index (χ4n) is 2.53. The van der Waals surface area contributed by atoms with Crippen LogP contribution >= 0.6 is 11.8 Å². The smallest absolute Gasteiger partial charge is 0.226 e. The summed E-state index contributed by atoms with van der Waals surface area (Å²) < 4.78 is 1.75. The van der Waals surface area contributed by atoms with Gasteiger partial charge in [0, 0.05) is 5.39 Å². The molecule has 0 saturated heterocycles. The first kappa shape index (κ1) is 13.1. The van der Waals surface area contributed by atoms with Crippen LogP contribution in [-0.2, 0) is 0 Å². The lowest BCUT2D eigenvalue weighted by Gasteiger charge is -2.08. The monoisotopic (exact) mass is 308 g/mol. The van der Waals surface area contributed by atoms with Gasteiger partial charge in [-0.15, -0.1) is 0 Å². The van der Waals surface area contributed by atoms with E-state index in [1.54, 1.807) is 10.9 Å². The summed E-state index contributed by atoms with van der Waals surface area (Å²) in [6, 6.07) is 14.2. The van der Waals surface area contributed by atoms with E-state index in [1.165, 1.54) is 11.8 Å². The highest BCUT2D eigenvalue weighted by Gasteiger charge is 2.14. The molecule has 4 rings (SSSR count). The number of thioether (sulfide) groups is 1. The van der Waals surface area contributed by atoms with Crippen LogP contribution < -0.4 is 0 Å². The average molecular weight is 308 g/mol. The predicted octanol–water partition coefficient (Wildman–Crippen LogP) is 3.40. The molecule has 2 heterocycles. The minimum atomic E-state index is -0.0409. The van der Waals surface area contributed by atoms with E-state index in [9.17, 15) is 5.11 Å². The van der Waals surface area contributed by atoms with E-state index in [2.05, 4.69) is 33.3 Å². The van der Waals surface area contributed by atoms with Crippen molar-refractivity contribution in [3.05, 3.63) is 48.7 Å². The second-order valence-electron chi connectivity index (χ2n) is 4.83. The highest BCUT2D eigenvalue weighted by molar-refractivity contribution is 7.98. The van der Waals surface area contributed by atoms with E-state index in [-0.39, 0.29) is 5.88 Å². The molecule has 5 nitrogen and oxygen atoms in total. The third kappa shape index (κ3) is 1.92. The van der Waals surface area contributed by atoms with Crippen molar-refractivity contribution >= 4 is 33.6 Å². The molecule has 0 fully saturated rings. The van der Waals surface area contributed by atoms with Crippen molar-refractivity contribution in [1.29, 1.82) is 0 Å². The molecule has 6 heteroatoms. The summed E-state index contributed by atoms with van der Waals surface area (Å²) in [6.45, 7) is 0. The van der Waals surface area contributed by atoms with Crippen LogP contribution in [0.25, 0.3) is 27.5 Å². The first-order chi connectivity index (χ1) is 10.8. The number of rotatable bonds is 2. The van der Waals surface area contributed by atoms with Gasteiger partial charge in [0.05, 0.1) is 11.9 Å². The van der Waals surface area contributed by atoms with Gasteiger partial charge in [0.25, 0.3) is 0 Å². The van der Waals surface area contributed by atoms with Crippen molar-refractivity contribution < 1.29 is 5.11 Å². The first-order valence-corrected chi connectivity index (χ1v) is 7.97. The van der Waals surface area contributed by atoms with Crippen molar-refractivity contribution in [3.8, 4) is 11.6 Å². The largest absolute Gasteiger partial charge is 0.493 e. The van der Waals surface area contributed by atoms with Crippen molar-refractivity contribution in [1.82, 2.24) is 19.7 Å². The molecule has 4 aromatic rings. The number of benzene rings is 2. The lowest BCUT2D eigenvalue weighted by atomic mass is 10.1. The van der Waals surface area contributed by atoms with Crippen LogP contribution in [0.4, 0.5) is 0 Å². The Labute approximate surface area is 130 Å². The second kappa shape index (κ2) is 4.99. The molecule has 0 radical (unpaired) electrons. The van der Waals surface area contributed by atoms with E-state index in [0.29, 0.717) is 16.2 Å². The fraction of sp³-hybridized carbons (Fsp3) is 0.0625. The highest BCUT2D eigenvalue weighted by Crippen LogP contribution is 2.28. The number of aromatic nitrogens is 4. The van der Waals surface area contributed by atoms with E-state index in [0.717, 1.165) is 16.5 Å². The summed E-state index contributed by atoms with van der Waals surface area (Å²) in [5.74, 6) is -0.0409.